The zero-order valence-corrected chi connectivity index (χ0v) is 9.54. The van der Waals surface area contributed by atoms with E-state index < -0.39 is 23.0 Å². The van der Waals surface area contributed by atoms with Gasteiger partial charge in [0.25, 0.3) is 5.56 Å². The van der Waals surface area contributed by atoms with Gasteiger partial charge in [-0.1, -0.05) is 0 Å². The lowest BCUT2D eigenvalue weighted by atomic mass is 10.3. The summed E-state index contributed by atoms with van der Waals surface area (Å²) < 4.78 is 0. The average molecular weight is 252 g/mol. The van der Waals surface area contributed by atoms with E-state index in [0.717, 1.165) is 5.56 Å². The van der Waals surface area contributed by atoms with Gasteiger partial charge in [-0.25, -0.2) is 9.78 Å². The van der Waals surface area contributed by atoms with E-state index >= 15 is 0 Å². The highest BCUT2D eigenvalue weighted by molar-refractivity contribution is 7.13. The summed E-state index contributed by atoms with van der Waals surface area (Å²) in [6, 6.07) is 1.77. The average Bonchev–Trinajstić information content (AvgIpc) is 2.68. The molecule has 0 aliphatic carbocycles. The Hall–Kier alpha value is -2.15. The lowest BCUT2D eigenvalue weighted by Crippen LogP contribution is -2.14. The number of aromatic nitrogens is 2. The van der Waals surface area contributed by atoms with Crippen LogP contribution in [0, 0.1) is 6.92 Å². The van der Waals surface area contributed by atoms with Crippen molar-refractivity contribution in [3.05, 3.63) is 33.1 Å². The van der Waals surface area contributed by atoms with Gasteiger partial charge in [-0.3, -0.25) is 4.79 Å². The Morgan fingerprint density at radius 1 is 1.53 bits per heavy atom. The van der Waals surface area contributed by atoms with Crippen molar-refractivity contribution in [2.24, 2.45) is 0 Å². The number of thiophene rings is 1. The second kappa shape index (κ2) is 4.02. The van der Waals surface area contributed by atoms with Crippen LogP contribution in [0.1, 0.15) is 16.1 Å². The smallest absolute Gasteiger partial charge is 0.358 e. The first kappa shape index (κ1) is 11.3. The maximum absolute atomic E-state index is 11.3. The maximum Gasteiger partial charge on any atom is 0.358 e. The molecule has 0 aliphatic heterocycles. The number of carboxylic acid groups (broad SMARTS) is 1. The van der Waals surface area contributed by atoms with Crippen molar-refractivity contribution in [1.29, 1.82) is 0 Å². The van der Waals surface area contributed by atoms with Crippen LogP contribution in [0.2, 0.25) is 0 Å². The SMILES string of the molecule is Cc1csc(-c2nc(C(=O)O)c(O)c(=O)[nH]2)c1. The minimum atomic E-state index is -1.44. The number of aryl methyl sites for hydroxylation is 1. The lowest BCUT2D eigenvalue weighted by Gasteiger charge is -2.01. The Morgan fingerprint density at radius 3 is 2.76 bits per heavy atom. The molecule has 0 fully saturated rings. The highest BCUT2D eigenvalue weighted by Crippen LogP contribution is 2.24. The number of nitrogens with zero attached hydrogens (tertiary/aromatic N) is 1. The van der Waals surface area contributed by atoms with Gasteiger partial charge in [-0.05, 0) is 23.9 Å². The normalized spacial score (nSPS) is 10.4. The molecular weight excluding hydrogens is 244 g/mol. The predicted molar refractivity (Wildman–Crippen MR) is 61.5 cm³/mol. The predicted octanol–water partition coefficient (Wildman–Crippen LogP) is 1.21. The van der Waals surface area contributed by atoms with Crippen LogP contribution in [-0.4, -0.2) is 26.2 Å². The van der Waals surface area contributed by atoms with Crippen LogP contribution in [0.5, 0.6) is 5.75 Å². The fourth-order valence-electron chi connectivity index (χ4n) is 1.29. The monoisotopic (exact) mass is 252 g/mol. The molecule has 17 heavy (non-hydrogen) atoms. The summed E-state index contributed by atoms with van der Waals surface area (Å²) in [5, 5.41) is 19.9. The molecule has 0 saturated heterocycles. The van der Waals surface area contributed by atoms with Crippen molar-refractivity contribution in [3.8, 4) is 16.5 Å². The van der Waals surface area contributed by atoms with Gasteiger partial charge in [-0.2, -0.15) is 0 Å². The minimum Gasteiger partial charge on any atom is -0.501 e. The maximum atomic E-state index is 11.3. The molecule has 0 radical (unpaired) electrons. The lowest BCUT2D eigenvalue weighted by molar-refractivity contribution is 0.0686. The molecule has 6 nitrogen and oxygen atoms in total. The van der Waals surface area contributed by atoms with Crippen LogP contribution in [-0.2, 0) is 0 Å². The van der Waals surface area contributed by atoms with Gasteiger partial charge in [0, 0.05) is 0 Å². The van der Waals surface area contributed by atoms with Crippen LogP contribution in [0.4, 0.5) is 0 Å². The molecule has 2 aromatic rings. The molecule has 88 valence electrons. The second-order valence-electron chi connectivity index (χ2n) is 3.41. The van der Waals surface area contributed by atoms with Crippen LogP contribution >= 0.6 is 11.3 Å². The van der Waals surface area contributed by atoms with E-state index in [9.17, 15) is 14.7 Å². The van der Waals surface area contributed by atoms with Gasteiger partial charge >= 0.3 is 5.97 Å². The summed E-state index contributed by atoms with van der Waals surface area (Å²) in [6.07, 6.45) is 0. The van der Waals surface area contributed by atoms with Crippen LogP contribution in [0.3, 0.4) is 0 Å². The van der Waals surface area contributed by atoms with Gasteiger partial charge in [0.2, 0.25) is 5.75 Å². The van der Waals surface area contributed by atoms with E-state index in [1.807, 2.05) is 12.3 Å². The van der Waals surface area contributed by atoms with Crippen molar-refractivity contribution >= 4 is 17.3 Å². The molecule has 0 amide bonds. The number of rotatable bonds is 2. The van der Waals surface area contributed by atoms with Crippen LogP contribution in [0.15, 0.2) is 16.2 Å². The Labute approximate surface area is 99.2 Å². The molecule has 0 spiro atoms. The molecular formula is C10H8N2O4S. The van der Waals surface area contributed by atoms with Crippen LogP contribution < -0.4 is 5.56 Å². The number of hydrogen-bond acceptors (Lipinski definition) is 5. The van der Waals surface area contributed by atoms with Gasteiger partial charge in [0.15, 0.2) is 11.5 Å². The highest BCUT2D eigenvalue weighted by atomic mass is 32.1. The zero-order valence-electron chi connectivity index (χ0n) is 8.72. The molecule has 2 aromatic heterocycles. The number of hydrogen-bond donors (Lipinski definition) is 3. The largest absolute Gasteiger partial charge is 0.501 e. The summed E-state index contributed by atoms with van der Waals surface area (Å²) >= 11 is 1.33. The van der Waals surface area contributed by atoms with Gasteiger partial charge < -0.3 is 15.2 Å². The first-order chi connectivity index (χ1) is 7.99. The molecule has 0 aliphatic rings. The number of aromatic hydroxyl groups is 1. The Bertz CT molecular complexity index is 644. The number of nitrogens with one attached hydrogen (secondary N) is 1. The second-order valence-corrected chi connectivity index (χ2v) is 4.32. The van der Waals surface area contributed by atoms with Gasteiger partial charge in [0.05, 0.1) is 4.88 Å². The van der Waals surface area contributed by atoms with E-state index in [-0.39, 0.29) is 5.82 Å². The molecule has 3 N–H and O–H groups in total. The molecule has 0 bridgehead atoms. The van der Waals surface area contributed by atoms with Crippen LogP contribution in [0.25, 0.3) is 10.7 Å². The van der Waals surface area contributed by atoms with Gasteiger partial charge in [-0.15, -0.1) is 11.3 Å². The first-order valence-electron chi connectivity index (χ1n) is 4.61. The van der Waals surface area contributed by atoms with E-state index in [1.54, 1.807) is 6.07 Å². The topological polar surface area (TPSA) is 103 Å². The van der Waals surface area contributed by atoms with Crippen molar-refractivity contribution in [2.45, 2.75) is 6.92 Å². The highest BCUT2D eigenvalue weighted by Gasteiger charge is 2.17. The summed E-state index contributed by atoms with van der Waals surface area (Å²) in [5.41, 5.74) is -0.522. The summed E-state index contributed by atoms with van der Waals surface area (Å²) in [4.78, 5) is 28.8. The Morgan fingerprint density at radius 2 is 2.24 bits per heavy atom. The third-order valence-corrected chi connectivity index (χ3v) is 3.12. The molecule has 0 saturated carbocycles. The fourth-order valence-corrected chi connectivity index (χ4v) is 2.13. The Kier molecular flexibility index (Phi) is 2.68. The van der Waals surface area contributed by atoms with E-state index in [4.69, 9.17) is 5.11 Å². The quantitative estimate of drug-likeness (QED) is 0.745. The Balaban J connectivity index is 2.65. The third-order valence-electron chi connectivity index (χ3n) is 2.06. The van der Waals surface area contributed by atoms with Crippen molar-refractivity contribution in [2.75, 3.05) is 0 Å². The van der Waals surface area contributed by atoms with Gasteiger partial charge in [0.1, 0.15) is 0 Å². The molecule has 0 unspecified atom stereocenters. The fraction of sp³-hybridized carbons (Fsp3) is 0.100. The molecule has 0 aromatic carbocycles. The zero-order chi connectivity index (χ0) is 12.6. The molecule has 0 atom stereocenters. The molecule has 7 heteroatoms. The van der Waals surface area contributed by atoms with E-state index in [2.05, 4.69) is 9.97 Å². The standard InChI is InChI=1S/C10H8N2O4S/c1-4-2-5(17-3-4)8-11-6(10(15)16)7(13)9(14)12-8/h2-3,13H,1H3,(H,15,16)(H,11,12,14). The third kappa shape index (κ3) is 2.04. The number of H-pyrrole nitrogens is 1. The van der Waals surface area contributed by atoms with Crippen molar-refractivity contribution < 1.29 is 15.0 Å². The van der Waals surface area contributed by atoms with Crippen molar-refractivity contribution in [1.82, 2.24) is 9.97 Å². The minimum absolute atomic E-state index is 0.142. The van der Waals surface area contributed by atoms with Crippen molar-refractivity contribution in [3.63, 3.8) is 0 Å². The number of aromatic amines is 1. The summed E-state index contributed by atoms with van der Waals surface area (Å²) in [6.45, 7) is 1.87. The summed E-state index contributed by atoms with van der Waals surface area (Å²) in [5.74, 6) is -2.18. The molecule has 2 heterocycles. The molecule has 2 rings (SSSR count). The number of carboxylic acids is 1. The number of carbonyl (C=O) groups is 1. The number of aromatic carboxylic acids is 1. The van der Waals surface area contributed by atoms with E-state index in [0.29, 0.717) is 4.88 Å². The summed E-state index contributed by atoms with van der Waals surface area (Å²) in [7, 11) is 0. The first-order valence-corrected chi connectivity index (χ1v) is 5.49. The van der Waals surface area contributed by atoms with E-state index in [1.165, 1.54) is 11.3 Å².